The molecule has 8 atom stereocenters. The lowest BCUT2D eigenvalue weighted by Gasteiger charge is -2.41. The van der Waals surface area contributed by atoms with Crippen molar-refractivity contribution in [1.82, 2.24) is 5.32 Å². The summed E-state index contributed by atoms with van der Waals surface area (Å²) in [4.78, 5) is 26.6. The highest BCUT2D eigenvalue weighted by Crippen LogP contribution is 2.26. The van der Waals surface area contributed by atoms with Crippen molar-refractivity contribution in [1.29, 1.82) is 0 Å². The molecule has 11 heteroatoms. The van der Waals surface area contributed by atoms with E-state index in [1.165, 1.54) is 199 Å². The molecule has 0 saturated carbocycles. The minimum atomic E-state index is -1.61. The second kappa shape index (κ2) is 58.0. The Bertz CT molecular complexity index is 1500. The summed E-state index contributed by atoms with van der Waals surface area (Å²) in [5.41, 5.74) is 0. The summed E-state index contributed by atoms with van der Waals surface area (Å²) in [6.07, 6.45) is 61.5. The summed E-state index contributed by atoms with van der Waals surface area (Å²) < 4.78 is 17.7. The standard InChI is InChI=1S/C70H129NO10/c1-4-7-10-13-16-19-22-24-26-28-30-31-32-33-34-36-38-40-43-46-49-52-55-58-65(75)81-68-67(77)66(76)64(59-72)80-70(68)79-60-61(62(73)56-53-50-47-44-41-21-18-15-12-9-6-3)71-69(78)63(74)57-54-51-48-45-42-39-37-35-29-27-25-23-20-17-14-11-8-5-2/h16,19,24,26,30-31,53,56,61-64,66-68,70,72-74,76-77H,4-15,17-18,20-23,25,27-29,32-52,54-55,57-60H2,1-3H3,(H,71,78)/b19-16-,26-24-,31-30-,56-53+. The van der Waals surface area contributed by atoms with Crippen LogP contribution in [0.25, 0.3) is 0 Å². The maximum atomic E-state index is 13.4. The van der Waals surface area contributed by atoms with Crippen molar-refractivity contribution in [2.45, 2.75) is 372 Å². The van der Waals surface area contributed by atoms with Crippen LogP contribution < -0.4 is 5.32 Å². The molecule has 1 amide bonds. The number of aliphatic hydroxyl groups is 5. The fraction of sp³-hybridized carbons (Fsp3) is 0.857. The molecule has 6 N–H and O–H groups in total. The molecule has 1 rings (SSSR count). The number of hydrogen-bond acceptors (Lipinski definition) is 10. The summed E-state index contributed by atoms with van der Waals surface area (Å²) in [7, 11) is 0. The molecule has 8 unspecified atom stereocenters. The number of amides is 1. The second-order valence-electron chi connectivity index (χ2n) is 23.9. The molecule has 0 aromatic rings. The van der Waals surface area contributed by atoms with Crippen LogP contribution in [0.3, 0.4) is 0 Å². The third kappa shape index (κ3) is 45.6. The summed E-state index contributed by atoms with van der Waals surface area (Å²) >= 11 is 0. The van der Waals surface area contributed by atoms with E-state index in [0.29, 0.717) is 19.3 Å². The van der Waals surface area contributed by atoms with Gasteiger partial charge < -0.3 is 45.1 Å². The topological polar surface area (TPSA) is 175 Å². The lowest BCUT2D eigenvalue weighted by molar-refractivity contribution is -0.305. The first kappa shape index (κ1) is 76.6. The van der Waals surface area contributed by atoms with Gasteiger partial charge in [-0.05, 0) is 64.2 Å². The van der Waals surface area contributed by atoms with Crippen LogP contribution in [-0.4, -0.2) is 99.6 Å². The molecule has 0 spiro atoms. The van der Waals surface area contributed by atoms with Crippen molar-refractivity contribution in [3.8, 4) is 0 Å². The fourth-order valence-electron chi connectivity index (χ4n) is 10.8. The van der Waals surface area contributed by atoms with Crippen molar-refractivity contribution in [2.75, 3.05) is 13.2 Å². The van der Waals surface area contributed by atoms with Crippen molar-refractivity contribution < 1.29 is 49.3 Å². The number of rotatable bonds is 59. The highest BCUT2D eigenvalue weighted by atomic mass is 16.7. The number of esters is 1. The molecular weight excluding hydrogens is 1010 g/mol. The third-order valence-corrected chi connectivity index (χ3v) is 16.2. The zero-order valence-corrected chi connectivity index (χ0v) is 52.7. The van der Waals surface area contributed by atoms with Crippen LogP contribution in [0.4, 0.5) is 0 Å². The smallest absolute Gasteiger partial charge is 0.306 e. The monoisotopic (exact) mass is 1140 g/mol. The maximum absolute atomic E-state index is 13.4. The number of aliphatic hydroxyl groups excluding tert-OH is 5. The Kier molecular flexibility index (Phi) is 54.9. The molecule has 1 fully saturated rings. The Morgan fingerprint density at radius 1 is 0.481 bits per heavy atom. The van der Waals surface area contributed by atoms with Gasteiger partial charge in [-0.2, -0.15) is 0 Å². The molecule has 0 radical (unpaired) electrons. The predicted molar refractivity (Wildman–Crippen MR) is 338 cm³/mol. The van der Waals surface area contributed by atoms with Crippen LogP contribution in [-0.2, 0) is 23.8 Å². The summed E-state index contributed by atoms with van der Waals surface area (Å²) in [5.74, 6) is -1.19. The number of allylic oxidation sites excluding steroid dienone is 7. The highest BCUT2D eigenvalue weighted by molar-refractivity contribution is 5.80. The molecule has 0 aromatic heterocycles. The average Bonchev–Trinajstić information content (AvgIpc) is 3.50. The van der Waals surface area contributed by atoms with Gasteiger partial charge in [-0.15, -0.1) is 0 Å². The fourth-order valence-corrected chi connectivity index (χ4v) is 10.8. The van der Waals surface area contributed by atoms with Crippen LogP contribution >= 0.6 is 0 Å². The lowest BCUT2D eigenvalue weighted by Crippen LogP contribution is -2.61. The Morgan fingerprint density at radius 2 is 0.852 bits per heavy atom. The predicted octanol–water partition coefficient (Wildman–Crippen LogP) is 17.2. The van der Waals surface area contributed by atoms with Gasteiger partial charge in [0, 0.05) is 6.42 Å². The molecule has 0 aliphatic carbocycles. The zero-order chi connectivity index (χ0) is 58.9. The first-order chi connectivity index (χ1) is 39.7. The summed E-state index contributed by atoms with van der Waals surface area (Å²) in [6.45, 7) is 5.79. The van der Waals surface area contributed by atoms with Crippen molar-refractivity contribution in [3.05, 3.63) is 48.6 Å². The summed E-state index contributed by atoms with van der Waals surface area (Å²) in [6, 6.07) is -1.02. The Balaban J connectivity index is 2.58. The quantitative estimate of drug-likeness (QED) is 0.0195. The van der Waals surface area contributed by atoms with Gasteiger partial charge in [0.05, 0.1) is 25.4 Å². The van der Waals surface area contributed by atoms with Crippen LogP contribution in [0.1, 0.15) is 323 Å². The Hall–Kier alpha value is -2.38. The molecule has 1 aliphatic heterocycles. The molecular formula is C70H129NO10. The third-order valence-electron chi connectivity index (χ3n) is 16.2. The molecule has 81 heavy (non-hydrogen) atoms. The van der Waals surface area contributed by atoms with Crippen LogP contribution in [0.2, 0.25) is 0 Å². The van der Waals surface area contributed by atoms with Gasteiger partial charge in [-0.3, -0.25) is 9.59 Å². The van der Waals surface area contributed by atoms with E-state index in [9.17, 15) is 35.1 Å². The van der Waals surface area contributed by atoms with Gasteiger partial charge >= 0.3 is 5.97 Å². The van der Waals surface area contributed by atoms with E-state index >= 15 is 0 Å². The van der Waals surface area contributed by atoms with E-state index in [1.54, 1.807) is 6.08 Å². The highest BCUT2D eigenvalue weighted by Gasteiger charge is 2.47. The number of nitrogens with one attached hydrogen (secondary N) is 1. The SMILES string of the molecule is CCCCC/C=C\C/C=C\C/C=C\CCCCCCCCCCCCC(=O)OC1C(OCC(NC(=O)C(O)CCCCCCCCCCCCCCCCCCCC)C(O)/C=C/CCCCCCCCCCC)OC(CO)C(O)C1O. The molecule has 0 aromatic carbocycles. The van der Waals surface area contributed by atoms with Crippen LogP contribution in [0.5, 0.6) is 0 Å². The number of hydrogen-bond donors (Lipinski definition) is 6. The number of carbonyl (C=O) groups excluding carboxylic acids is 2. The summed E-state index contributed by atoms with van der Waals surface area (Å²) in [5, 5.41) is 57.1. The van der Waals surface area contributed by atoms with Crippen molar-refractivity contribution in [3.63, 3.8) is 0 Å². The first-order valence-electron chi connectivity index (χ1n) is 34.4. The van der Waals surface area contributed by atoms with Gasteiger partial charge in [-0.1, -0.05) is 301 Å². The maximum Gasteiger partial charge on any atom is 0.306 e. The van der Waals surface area contributed by atoms with Gasteiger partial charge in [0.25, 0.3) is 0 Å². The number of unbranched alkanes of at least 4 members (excludes halogenated alkanes) is 39. The molecule has 1 heterocycles. The van der Waals surface area contributed by atoms with E-state index < -0.39 is 67.4 Å². The van der Waals surface area contributed by atoms with Crippen LogP contribution in [0.15, 0.2) is 48.6 Å². The van der Waals surface area contributed by atoms with E-state index in [4.69, 9.17) is 14.2 Å². The van der Waals surface area contributed by atoms with Gasteiger partial charge in [0.15, 0.2) is 12.4 Å². The molecule has 0 bridgehead atoms. The Morgan fingerprint density at radius 3 is 1.30 bits per heavy atom. The van der Waals surface area contributed by atoms with Crippen molar-refractivity contribution >= 4 is 11.9 Å². The molecule has 11 nitrogen and oxygen atoms in total. The van der Waals surface area contributed by atoms with E-state index in [1.807, 2.05) is 6.08 Å². The zero-order valence-electron chi connectivity index (χ0n) is 52.7. The van der Waals surface area contributed by atoms with E-state index in [0.717, 1.165) is 77.0 Å². The molecule has 1 saturated heterocycles. The minimum Gasteiger partial charge on any atom is -0.454 e. The number of carbonyl (C=O) groups is 2. The average molecular weight is 1140 g/mol. The van der Waals surface area contributed by atoms with Gasteiger partial charge in [-0.25, -0.2) is 0 Å². The first-order valence-corrected chi connectivity index (χ1v) is 34.4. The largest absolute Gasteiger partial charge is 0.454 e. The normalized spacial score (nSPS) is 18.9. The molecule has 474 valence electrons. The number of ether oxygens (including phenoxy) is 3. The van der Waals surface area contributed by atoms with Crippen LogP contribution in [0, 0.1) is 0 Å². The van der Waals surface area contributed by atoms with Crippen molar-refractivity contribution in [2.24, 2.45) is 0 Å². The minimum absolute atomic E-state index is 0.120. The van der Waals surface area contributed by atoms with Gasteiger partial charge in [0.2, 0.25) is 5.91 Å². The van der Waals surface area contributed by atoms with E-state index in [2.05, 4.69) is 62.5 Å². The second-order valence-corrected chi connectivity index (χ2v) is 23.9. The Labute approximate surface area is 497 Å². The lowest BCUT2D eigenvalue weighted by atomic mass is 9.99. The van der Waals surface area contributed by atoms with E-state index in [-0.39, 0.29) is 13.0 Å². The van der Waals surface area contributed by atoms with Gasteiger partial charge in [0.1, 0.15) is 24.4 Å². The molecule has 1 aliphatic rings.